The zero-order valence-corrected chi connectivity index (χ0v) is 20.8. The van der Waals surface area contributed by atoms with E-state index in [1.165, 1.54) is 25.7 Å². The van der Waals surface area contributed by atoms with Crippen molar-refractivity contribution in [3.05, 3.63) is 48.0 Å². The number of phenols is 1. The quantitative estimate of drug-likeness (QED) is 0.592. The number of anilines is 3. The lowest BCUT2D eigenvalue weighted by atomic mass is 10.0. The molecule has 0 spiro atoms. The number of piperazine rings is 1. The highest BCUT2D eigenvalue weighted by atomic mass is 16.3. The Bertz CT molecular complexity index is 1210. The van der Waals surface area contributed by atoms with E-state index in [0.717, 1.165) is 67.6 Å². The monoisotopic (exact) mass is 486 g/mol. The van der Waals surface area contributed by atoms with Crippen molar-refractivity contribution in [3.63, 3.8) is 0 Å². The van der Waals surface area contributed by atoms with Crippen molar-refractivity contribution in [1.29, 1.82) is 0 Å². The third kappa shape index (κ3) is 4.64. The SMILES string of the molecule is O=C(Cc1cc2ccccc2cc1O)N1CCN(c2cc(N3CCCC3)nc(N3CCCC3)n2)CC1. The van der Waals surface area contributed by atoms with Gasteiger partial charge in [-0.05, 0) is 48.6 Å². The molecule has 0 unspecified atom stereocenters. The van der Waals surface area contributed by atoms with Crippen molar-refractivity contribution in [3.8, 4) is 5.75 Å². The number of hydrogen-bond acceptors (Lipinski definition) is 7. The maximum Gasteiger partial charge on any atom is 0.229 e. The van der Waals surface area contributed by atoms with Gasteiger partial charge in [-0.15, -0.1) is 0 Å². The summed E-state index contributed by atoms with van der Waals surface area (Å²) in [6.45, 7) is 6.93. The van der Waals surface area contributed by atoms with E-state index in [9.17, 15) is 9.90 Å². The lowest BCUT2D eigenvalue weighted by Gasteiger charge is -2.36. The molecular formula is C28H34N6O2. The third-order valence-electron chi connectivity index (χ3n) is 7.75. The first-order valence-electron chi connectivity index (χ1n) is 13.3. The second kappa shape index (κ2) is 9.84. The molecule has 8 heteroatoms. The molecule has 1 aromatic heterocycles. The lowest BCUT2D eigenvalue weighted by Crippen LogP contribution is -2.49. The summed E-state index contributed by atoms with van der Waals surface area (Å²) in [6.07, 6.45) is 5.03. The Labute approximate surface area is 212 Å². The van der Waals surface area contributed by atoms with Crippen LogP contribution in [0.15, 0.2) is 42.5 Å². The zero-order chi connectivity index (χ0) is 24.5. The number of hydrogen-bond donors (Lipinski definition) is 1. The van der Waals surface area contributed by atoms with Gasteiger partial charge in [0.25, 0.3) is 0 Å². The van der Waals surface area contributed by atoms with Crippen LogP contribution in [0.5, 0.6) is 5.75 Å². The Balaban J connectivity index is 1.15. The van der Waals surface area contributed by atoms with Crippen molar-refractivity contribution in [1.82, 2.24) is 14.9 Å². The fourth-order valence-electron chi connectivity index (χ4n) is 5.62. The van der Waals surface area contributed by atoms with E-state index >= 15 is 0 Å². The molecule has 36 heavy (non-hydrogen) atoms. The number of benzene rings is 2. The maximum absolute atomic E-state index is 13.1. The molecule has 0 bridgehead atoms. The highest BCUT2D eigenvalue weighted by Crippen LogP contribution is 2.29. The number of carbonyl (C=O) groups excluding carboxylic acids is 1. The molecule has 3 saturated heterocycles. The van der Waals surface area contributed by atoms with E-state index in [4.69, 9.17) is 9.97 Å². The van der Waals surface area contributed by atoms with Crippen LogP contribution in [-0.2, 0) is 11.2 Å². The van der Waals surface area contributed by atoms with Crippen molar-refractivity contribution in [2.75, 3.05) is 67.1 Å². The molecule has 2 aromatic carbocycles. The average Bonchev–Trinajstić information content (AvgIpc) is 3.64. The summed E-state index contributed by atoms with van der Waals surface area (Å²) in [7, 11) is 0. The molecule has 0 atom stereocenters. The van der Waals surface area contributed by atoms with E-state index in [-0.39, 0.29) is 18.1 Å². The van der Waals surface area contributed by atoms with E-state index in [1.807, 2.05) is 35.2 Å². The number of aromatic hydroxyl groups is 1. The largest absolute Gasteiger partial charge is 0.508 e. The van der Waals surface area contributed by atoms with Crippen LogP contribution in [0.1, 0.15) is 31.2 Å². The Kier molecular flexibility index (Phi) is 6.25. The van der Waals surface area contributed by atoms with Crippen molar-refractivity contribution in [2.24, 2.45) is 0 Å². The Morgan fingerprint density at radius 1 is 0.722 bits per heavy atom. The van der Waals surface area contributed by atoms with Crippen LogP contribution in [0.4, 0.5) is 17.6 Å². The van der Waals surface area contributed by atoms with Crippen LogP contribution in [0, 0.1) is 0 Å². The van der Waals surface area contributed by atoms with Gasteiger partial charge in [-0.3, -0.25) is 4.79 Å². The molecule has 0 saturated carbocycles. The number of fused-ring (bicyclic) bond motifs is 1. The maximum atomic E-state index is 13.1. The smallest absolute Gasteiger partial charge is 0.229 e. The molecule has 3 aliphatic heterocycles. The molecule has 3 aromatic rings. The second-order valence-corrected chi connectivity index (χ2v) is 10.1. The number of carbonyl (C=O) groups is 1. The summed E-state index contributed by atoms with van der Waals surface area (Å²) in [5.74, 6) is 3.08. The Morgan fingerprint density at radius 3 is 1.92 bits per heavy atom. The summed E-state index contributed by atoms with van der Waals surface area (Å²) < 4.78 is 0. The number of nitrogens with zero attached hydrogens (tertiary/aromatic N) is 6. The van der Waals surface area contributed by atoms with E-state index < -0.39 is 0 Å². The number of aromatic nitrogens is 2. The zero-order valence-electron chi connectivity index (χ0n) is 20.8. The standard InChI is InChI=1S/C28H34N6O2/c35-24-18-22-8-2-1-7-21(22)17-23(24)19-27(36)33-15-13-32(14-16-33)26-20-25(31-9-3-4-10-31)29-28(30-26)34-11-5-6-12-34/h1-2,7-8,17-18,20,35H,3-6,9-16,19H2. The molecule has 3 fully saturated rings. The van der Waals surface area contributed by atoms with Gasteiger partial charge < -0.3 is 24.7 Å². The first-order valence-corrected chi connectivity index (χ1v) is 13.3. The first kappa shape index (κ1) is 22.9. The van der Waals surface area contributed by atoms with Gasteiger partial charge in [0.05, 0.1) is 6.42 Å². The van der Waals surface area contributed by atoms with Crippen LogP contribution >= 0.6 is 0 Å². The first-order chi connectivity index (χ1) is 17.6. The molecular weight excluding hydrogens is 452 g/mol. The number of amides is 1. The minimum absolute atomic E-state index is 0.0541. The van der Waals surface area contributed by atoms with E-state index in [0.29, 0.717) is 18.7 Å². The van der Waals surface area contributed by atoms with Crippen LogP contribution in [-0.4, -0.2) is 78.2 Å². The lowest BCUT2D eigenvalue weighted by molar-refractivity contribution is -0.130. The Hall–Kier alpha value is -3.55. The third-order valence-corrected chi connectivity index (χ3v) is 7.75. The van der Waals surface area contributed by atoms with Crippen LogP contribution in [0.25, 0.3) is 10.8 Å². The van der Waals surface area contributed by atoms with Crippen molar-refractivity contribution in [2.45, 2.75) is 32.1 Å². The van der Waals surface area contributed by atoms with Crippen LogP contribution < -0.4 is 14.7 Å². The summed E-state index contributed by atoms with van der Waals surface area (Å²) in [6, 6.07) is 13.7. The van der Waals surface area contributed by atoms with Gasteiger partial charge in [-0.2, -0.15) is 9.97 Å². The van der Waals surface area contributed by atoms with E-state index in [2.05, 4.69) is 20.8 Å². The van der Waals surface area contributed by atoms with Gasteiger partial charge in [-0.1, -0.05) is 24.3 Å². The minimum atomic E-state index is 0.0541. The molecule has 1 N–H and O–H groups in total. The Morgan fingerprint density at radius 2 is 1.28 bits per heavy atom. The topological polar surface area (TPSA) is 76.0 Å². The van der Waals surface area contributed by atoms with Gasteiger partial charge in [0.2, 0.25) is 11.9 Å². The number of rotatable bonds is 5. The fourth-order valence-corrected chi connectivity index (χ4v) is 5.62. The van der Waals surface area contributed by atoms with Gasteiger partial charge in [-0.25, -0.2) is 0 Å². The fraction of sp³-hybridized carbons (Fsp3) is 0.464. The van der Waals surface area contributed by atoms with Crippen molar-refractivity contribution < 1.29 is 9.90 Å². The van der Waals surface area contributed by atoms with Gasteiger partial charge in [0.1, 0.15) is 17.4 Å². The predicted octanol–water partition coefficient (Wildman–Crippen LogP) is 3.43. The molecule has 1 amide bonds. The molecule has 4 heterocycles. The second-order valence-electron chi connectivity index (χ2n) is 10.1. The molecule has 0 radical (unpaired) electrons. The minimum Gasteiger partial charge on any atom is -0.508 e. The van der Waals surface area contributed by atoms with Gasteiger partial charge in [0, 0.05) is 64.0 Å². The molecule has 0 aliphatic carbocycles. The highest BCUT2D eigenvalue weighted by molar-refractivity contribution is 5.87. The van der Waals surface area contributed by atoms with Crippen LogP contribution in [0.2, 0.25) is 0 Å². The predicted molar refractivity (Wildman–Crippen MR) is 143 cm³/mol. The summed E-state index contributed by atoms with van der Waals surface area (Å²) >= 11 is 0. The van der Waals surface area contributed by atoms with Gasteiger partial charge in [0.15, 0.2) is 0 Å². The van der Waals surface area contributed by atoms with Crippen LogP contribution in [0.3, 0.4) is 0 Å². The molecule has 188 valence electrons. The summed E-state index contributed by atoms with van der Waals surface area (Å²) in [5, 5.41) is 12.5. The van der Waals surface area contributed by atoms with Crippen molar-refractivity contribution >= 4 is 34.3 Å². The summed E-state index contributed by atoms with van der Waals surface area (Å²) in [4.78, 5) is 31.9. The average molecular weight is 487 g/mol. The molecule has 3 aliphatic rings. The normalized spacial score (nSPS) is 18.4. The molecule has 6 rings (SSSR count). The molecule has 8 nitrogen and oxygen atoms in total. The summed E-state index contributed by atoms with van der Waals surface area (Å²) in [5.41, 5.74) is 0.683. The number of phenolic OH excluding ortho intramolecular Hbond substituents is 1. The highest BCUT2D eigenvalue weighted by Gasteiger charge is 2.26. The van der Waals surface area contributed by atoms with Gasteiger partial charge >= 0.3 is 0 Å². The van der Waals surface area contributed by atoms with E-state index in [1.54, 1.807) is 6.07 Å².